The molecule has 1 aromatic carbocycles. The van der Waals surface area contributed by atoms with Crippen molar-refractivity contribution in [2.45, 2.75) is 52.4 Å². The van der Waals surface area contributed by atoms with Crippen molar-refractivity contribution in [3.05, 3.63) is 29.7 Å². The second kappa shape index (κ2) is 3.87. The maximum absolute atomic E-state index is 5.75. The van der Waals surface area contributed by atoms with Gasteiger partial charge in [0.2, 0.25) is 0 Å². The number of benzene rings is 1. The molecule has 2 aromatic heterocycles. The molecule has 0 amide bonds. The zero-order chi connectivity index (χ0) is 14.7. The summed E-state index contributed by atoms with van der Waals surface area (Å²) in [5.41, 5.74) is 3.87. The molecule has 0 aliphatic heterocycles. The minimum Gasteiger partial charge on any atom is -0.464 e. The molecule has 0 bridgehead atoms. The third-order valence-corrected chi connectivity index (χ3v) is 3.69. The Hall–Kier alpha value is -1.77. The molecule has 0 unspecified atom stereocenters. The van der Waals surface area contributed by atoms with Crippen LogP contribution in [0.15, 0.2) is 27.3 Å². The maximum atomic E-state index is 5.75. The Balaban J connectivity index is 2.47. The predicted octanol–water partition coefficient (Wildman–Crippen LogP) is 5.17. The van der Waals surface area contributed by atoms with Crippen LogP contribution in [0.2, 0.25) is 0 Å². The van der Waals surface area contributed by atoms with E-state index in [9.17, 15) is 0 Å². The van der Waals surface area contributed by atoms with E-state index < -0.39 is 0 Å². The number of hydrogen-bond donors (Lipinski definition) is 0. The molecule has 3 aromatic rings. The van der Waals surface area contributed by atoms with E-state index >= 15 is 0 Å². The fraction of sp³-hybridized carbons (Fsp3) is 0.471. The van der Waals surface area contributed by atoms with E-state index in [0.29, 0.717) is 0 Å². The van der Waals surface area contributed by atoms with Crippen molar-refractivity contribution in [3.8, 4) is 0 Å². The van der Waals surface area contributed by atoms with Crippen LogP contribution in [0.4, 0.5) is 0 Å². The molecule has 2 heterocycles. The summed E-state index contributed by atoms with van der Waals surface area (Å²) in [5.74, 6) is 0. The topological polar surface area (TPSA) is 39.2 Å². The Bertz CT molecular complexity index is 779. The zero-order valence-electron chi connectivity index (χ0n) is 13.0. The first-order valence-corrected chi connectivity index (χ1v) is 7.00. The first-order chi connectivity index (χ1) is 9.19. The third kappa shape index (κ3) is 1.84. The molecule has 0 aliphatic rings. The zero-order valence-corrected chi connectivity index (χ0v) is 13.0. The molecule has 3 heteroatoms. The first-order valence-electron chi connectivity index (χ1n) is 7.00. The van der Waals surface area contributed by atoms with Crippen LogP contribution >= 0.6 is 0 Å². The number of fused-ring (bicyclic) bond motifs is 3. The van der Waals surface area contributed by atoms with Crippen LogP contribution in [0, 0.1) is 0 Å². The monoisotopic (exact) mass is 271 g/mol. The largest absolute Gasteiger partial charge is 0.464 e. The molecule has 0 saturated heterocycles. The molecular formula is C17H21NO2. The van der Waals surface area contributed by atoms with E-state index in [1.807, 2.05) is 6.07 Å². The predicted molar refractivity (Wildman–Crippen MR) is 81.2 cm³/mol. The summed E-state index contributed by atoms with van der Waals surface area (Å²) in [6.45, 7) is 13.0. The quantitative estimate of drug-likeness (QED) is 0.566. The summed E-state index contributed by atoms with van der Waals surface area (Å²) < 4.78 is 11.3. The van der Waals surface area contributed by atoms with Crippen molar-refractivity contribution in [2.24, 2.45) is 0 Å². The van der Waals surface area contributed by atoms with E-state index in [1.165, 1.54) is 0 Å². The van der Waals surface area contributed by atoms with Crippen LogP contribution < -0.4 is 0 Å². The molecule has 0 atom stereocenters. The highest BCUT2D eigenvalue weighted by molar-refractivity contribution is 6.07. The highest BCUT2D eigenvalue weighted by atomic mass is 16.5. The fourth-order valence-electron chi connectivity index (χ4n) is 2.64. The van der Waals surface area contributed by atoms with Gasteiger partial charge >= 0.3 is 0 Å². The van der Waals surface area contributed by atoms with E-state index in [1.54, 1.807) is 6.26 Å². The molecule has 3 rings (SSSR count). The summed E-state index contributed by atoms with van der Waals surface area (Å²) in [6, 6.07) is 4.09. The highest BCUT2D eigenvalue weighted by Crippen LogP contribution is 2.40. The number of aromatic nitrogens is 1. The number of furan rings is 1. The van der Waals surface area contributed by atoms with Gasteiger partial charge in [0.15, 0.2) is 5.58 Å². The number of nitrogens with zero attached hydrogens (tertiary/aromatic N) is 1. The molecule has 3 nitrogen and oxygen atoms in total. The van der Waals surface area contributed by atoms with E-state index in [-0.39, 0.29) is 10.8 Å². The van der Waals surface area contributed by atoms with Gasteiger partial charge in [-0.1, -0.05) is 46.7 Å². The Kier molecular flexibility index (Phi) is 2.56. The molecule has 0 aliphatic carbocycles. The molecule has 0 radical (unpaired) electrons. The van der Waals surface area contributed by atoms with E-state index in [0.717, 1.165) is 33.2 Å². The van der Waals surface area contributed by atoms with Gasteiger partial charge in [0.25, 0.3) is 0 Å². The van der Waals surface area contributed by atoms with Crippen molar-refractivity contribution in [1.29, 1.82) is 0 Å². The van der Waals surface area contributed by atoms with Crippen LogP contribution in [0.3, 0.4) is 0 Å². The van der Waals surface area contributed by atoms with E-state index in [4.69, 9.17) is 8.94 Å². The normalized spacial score (nSPS) is 13.5. The van der Waals surface area contributed by atoms with Gasteiger partial charge in [-0.25, -0.2) is 0 Å². The van der Waals surface area contributed by atoms with Gasteiger partial charge < -0.3 is 8.94 Å². The first kappa shape index (κ1) is 13.2. The summed E-state index contributed by atoms with van der Waals surface area (Å²) in [5, 5.41) is 6.48. The van der Waals surface area contributed by atoms with E-state index in [2.05, 4.69) is 52.8 Å². The molecule has 0 saturated carbocycles. The second-order valence-electron chi connectivity index (χ2n) is 7.49. The lowest BCUT2D eigenvalue weighted by Gasteiger charge is -2.19. The Morgan fingerprint density at radius 1 is 1.00 bits per heavy atom. The minimum absolute atomic E-state index is 0.00101. The lowest BCUT2D eigenvalue weighted by molar-refractivity contribution is 0.419. The molecule has 0 fully saturated rings. The van der Waals surface area contributed by atoms with Gasteiger partial charge in [-0.2, -0.15) is 0 Å². The molecule has 106 valence electrons. The molecule has 0 N–H and O–H groups in total. The van der Waals surface area contributed by atoms with Crippen LogP contribution in [0.1, 0.15) is 52.8 Å². The molecule has 20 heavy (non-hydrogen) atoms. The summed E-state index contributed by atoms with van der Waals surface area (Å²) in [6.07, 6.45) is 1.75. The van der Waals surface area contributed by atoms with Crippen molar-refractivity contribution < 1.29 is 8.94 Å². The maximum Gasteiger partial charge on any atom is 0.168 e. The summed E-state index contributed by atoms with van der Waals surface area (Å²) >= 11 is 0. The second-order valence-corrected chi connectivity index (χ2v) is 7.49. The molecular weight excluding hydrogens is 250 g/mol. The Labute approximate surface area is 118 Å². The number of hydrogen-bond acceptors (Lipinski definition) is 3. The van der Waals surface area contributed by atoms with Crippen molar-refractivity contribution in [3.63, 3.8) is 0 Å². The number of rotatable bonds is 0. The SMILES string of the molecule is CC(C)(C)c1cc2onc(C(C)(C)C)c2c2ccoc12. The lowest BCUT2D eigenvalue weighted by atomic mass is 9.83. The van der Waals surface area contributed by atoms with Crippen LogP contribution in [0.5, 0.6) is 0 Å². The van der Waals surface area contributed by atoms with Gasteiger partial charge in [-0.15, -0.1) is 0 Å². The molecule has 0 spiro atoms. The minimum atomic E-state index is -0.0568. The Morgan fingerprint density at radius 3 is 2.30 bits per heavy atom. The van der Waals surface area contributed by atoms with Crippen molar-refractivity contribution >= 4 is 21.9 Å². The summed E-state index contributed by atoms with van der Waals surface area (Å²) in [4.78, 5) is 0. The lowest BCUT2D eigenvalue weighted by Crippen LogP contribution is -2.13. The smallest absolute Gasteiger partial charge is 0.168 e. The van der Waals surface area contributed by atoms with Gasteiger partial charge in [0, 0.05) is 16.4 Å². The average Bonchev–Trinajstić information content (AvgIpc) is 2.91. The summed E-state index contributed by atoms with van der Waals surface area (Å²) in [7, 11) is 0. The van der Waals surface area contributed by atoms with Crippen LogP contribution in [0.25, 0.3) is 21.9 Å². The van der Waals surface area contributed by atoms with Crippen LogP contribution in [-0.2, 0) is 10.8 Å². The Morgan fingerprint density at radius 2 is 1.70 bits per heavy atom. The highest BCUT2D eigenvalue weighted by Gasteiger charge is 2.27. The van der Waals surface area contributed by atoms with Gasteiger partial charge in [0.05, 0.1) is 17.3 Å². The van der Waals surface area contributed by atoms with Gasteiger partial charge in [-0.3, -0.25) is 0 Å². The van der Waals surface area contributed by atoms with Crippen LogP contribution in [-0.4, -0.2) is 5.16 Å². The van der Waals surface area contributed by atoms with Crippen molar-refractivity contribution in [1.82, 2.24) is 5.16 Å². The van der Waals surface area contributed by atoms with Gasteiger partial charge in [-0.05, 0) is 17.5 Å². The fourth-order valence-corrected chi connectivity index (χ4v) is 2.64. The van der Waals surface area contributed by atoms with Gasteiger partial charge in [0.1, 0.15) is 5.58 Å². The standard InChI is InChI=1S/C17H21NO2/c1-16(2,3)11-9-12-13(10-7-8-19-14(10)11)15(18-20-12)17(4,5)6/h7-9H,1-6H3. The third-order valence-electron chi connectivity index (χ3n) is 3.69. The average molecular weight is 271 g/mol. The van der Waals surface area contributed by atoms with Crippen molar-refractivity contribution in [2.75, 3.05) is 0 Å².